The first kappa shape index (κ1) is 6.21. The fourth-order valence-electron chi connectivity index (χ4n) is 1.54. The predicted octanol–water partition coefficient (Wildman–Crippen LogP) is 0.914. The number of hydrogen-bond acceptors (Lipinski definition) is 2. The first-order valence-electron chi connectivity index (χ1n) is 3.67. The Balaban J connectivity index is 2.10. The second-order valence-corrected chi connectivity index (χ2v) is 2.76. The highest BCUT2D eigenvalue weighted by Gasteiger charge is 2.37. The summed E-state index contributed by atoms with van der Waals surface area (Å²) in [6, 6.07) is 0. The fourth-order valence-corrected chi connectivity index (χ4v) is 1.54. The maximum absolute atomic E-state index is 5.44. The van der Waals surface area contributed by atoms with Gasteiger partial charge in [-0.25, -0.2) is 0 Å². The summed E-state index contributed by atoms with van der Waals surface area (Å²) >= 11 is 0. The lowest BCUT2D eigenvalue weighted by Crippen LogP contribution is -2.22. The minimum absolute atomic E-state index is 0.000185. The van der Waals surface area contributed by atoms with Crippen molar-refractivity contribution in [2.24, 2.45) is 0 Å². The Morgan fingerprint density at radius 3 is 2.90 bits per heavy atom. The van der Waals surface area contributed by atoms with Gasteiger partial charge in [0.2, 0.25) is 0 Å². The summed E-state index contributed by atoms with van der Waals surface area (Å²) in [5.74, 6) is 2.59. The SMILES string of the molecule is C#CC1OC2CCCC1O2. The van der Waals surface area contributed by atoms with E-state index in [9.17, 15) is 0 Å². The molecule has 0 N–H and O–H groups in total. The molecule has 2 aliphatic rings. The topological polar surface area (TPSA) is 18.5 Å². The van der Waals surface area contributed by atoms with Crippen molar-refractivity contribution < 1.29 is 9.47 Å². The van der Waals surface area contributed by atoms with E-state index < -0.39 is 0 Å². The molecule has 3 unspecified atom stereocenters. The number of rotatable bonds is 0. The zero-order valence-electron chi connectivity index (χ0n) is 5.75. The van der Waals surface area contributed by atoms with Crippen molar-refractivity contribution >= 4 is 0 Å². The number of terminal acetylenes is 1. The van der Waals surface area contributed by atoms with Crippen LogP contribution in [0.5, 0.6) is 0 Å². The molecule has 0 aromatic carbocycles. The predicted molar refractivity (Wildman–Crippen MR) is 36.2 cm³/mol. The lowest BCUT2D eigenvalue weighted by Gasteiger charge is -2.16. The molecule has 0 aliphatic carbocycles. The summed E-state index contributed by atoms with van der Waals surface area (Å²) in [4.78, 5) is 0. The van der Waals surface area contributed by atoms with Crippen LogP contribution in [0.3, 0.4) is 0 Å². The van der Waals surface area contributed by atoms with E-state index in [4.69, 9.17) is 15.9 Å². The molecule has 2 fully saturated rings. The first-order chi connectivity index (χ1) is 4.90. The molecule has 10 heavy (non-hydrogen) atoms. The Kier molecular flexibility index (Phi) is 1.40. The molecular formula is C8H10O2. The van der Waals surface area contributed by atoms with Crippen LogP contribution in [0, 0.1) is 12.3 Å². The van der Waals surface area contributed by atoms with E-state index in [1.54, 1.807) is 0 Å². The fraction of sp³-hybridized carbons (Fsp3) is 0.750. The first-order valence-corrected chi connectivity index (χ1v) is 3.67. The summed E-state index contributed by atoms with van der Waals surface area (Å²) < 4.78 is 10.8. The molecule has 2 nitrogen and oxygen atoms in total. The average molecular weight is 138 g/mol. The van der Waals surface area contributed by atoms with Gasteiger partial charge in [0.05, 0.1) is 6.10 Å². The van der Waals surface area contributed by atoms with Crippen molar-refractivity contribution in [2.45, 2.75) is 37.8 Å². The lowest BCUT2D eigenvalue weighted by molar-refractivity contribution is -0.0839. The van der Waals surface area contributed by atoms with Gasteiger partial charge in [-0.2, -0.15) is 0 Å². The van der Waals surface area contributed by atoms with Crippen LogP contribution in [0.2, 0.25) is 0 Å². The van der Waals surface area contributed by atoms with Crippen molar-refractivity contribution in [3.63, 3.8) is 0 Å². The molecule has 0 aromatic heterocycles. The third-order valence-electron chi connectivity index (χ3n) is 2.06. The van der Waals surface area contributed by atoms with Crippen LogP contribution < -0.4 is 0 Å². The zero-order valence-corrected chi connectivity index (χ0v) is 5.75. The third kappa shape index (κ3) is 0.828. The zero-order chi connectivity index (χ0) is 6.97. The van der Waals surface area contributed by atoms with Gasteiger partial charge in [0.1, 0.15) is 6.10 Å². The summed E-state index contributed by atoms with van der Waals surface area (Å²) in [5, 5.41) is 0. The quantitative estimate of drug-likeness (QED) is 0.463. The van der Waals surface area contributed by atoms with Gasteiger partial charge in [0.15, 0.2) is 6.29 Å². The Morgan fingerprint density at radius 1 is 1.30 bits per heavy atom. The van der Waals surface area contributed by atoms with Crippen molar-refractivity contribution in [3.8, 4) is 12.3 Å². The monoisotopic (exact) mass is 138 g/mol. The van der Waals surface area contributed by atoms with E-state index in [-0.39, 0.29) is 18.5 Å². The Hall–Kier alpha value is -0.520. The van der Waals surface area contributed by atoms with E-state index in [1.807, 2.05) is 0 Å². The average Bonchev–Trinajstić information content (AvgIpc) is 2.26. The van der Waals surface area contributed by atoms with Gasteiger partial charge in [-0.1, -0.05) is 5.92 Å². The maximum Gasteiger partial charge on any atom is 0.159 e. The Morgan fingerprint density at radius 2 is 2.20 bits per heavy atom. The molecule has 0 radical (unpaired) electrons. The summed E-state index contributed by atoms with van der Waals surface area (Å²) in [6.45, 7) is 0. The highest BCUT2D eigenvalue weighted by atomic mass is 16.7. The van der Waals surface area contributed by atoms with Crippen molar-refractivity contribution in [3.05, 3.63) is 0 Å². The lowest BCUT2D eigenvalue weighted by atomic mass is 10.1. The van der Waals surface area contributed by atoms with Crippen LogP contribution in [0.1, 0.15) is 19.3 Å². The minimum atomic E-state index is -0.0764. The van der Waals surface area contributed by atoms with Gasteiger partial charge in [-0.15, -0.1) is 6.42 Å². The van der Waals surface area contributed by atoms with E-state index >= 15 is 0 Å². The molecule has 0 saturated carbocycles. The number of ether oxygens (including phenoxy) is 2. The molecule has 54 valence electrons. The molecule has 2 bridgehead atoms. The van der Waals surface area contributed by atoms with Crippen LogP contribution in [-0.4, -0.2) is 18.5 Å². The Labute approximate surface area is 60.5 Å². The van der Waals surface area contributed by atoms with E-state index in [2.05, 4.69) is 5.92 Å². The van der Waals surface area contributed by atoms with Gasteiger partial charge in [0, 0.05) is 0 Å². The van der Waals surface area contributed by atoms with Gasteiger partial charge in [0.25, 0.3) is 0 Å². The molecule has 2 aliphatic heterocycles. The second kappa shape index (κ2) is 2.26. The summed E-state index contributed by atoms with van der Waals surface area (Å²) in [7, 11) is 0. The van der Waals surface area contributed by atoms with Gasteiger partial charge < -0.3 is 9.47 Å². The highest BCUT2D eigenvalue weighted by molar-refractivity contribution is 5.02. The molecule has 0 spiro atoms. The van der Waals surface area contributed by atoms with E-state index in [0.717, 1.165) is 12.8 Å². The minimum Gasteiger partial charge on any atom is -0.346 e. The molecule has 0 amide bonds. The van der Waals surface area contributed by atoms with Crippen LogP contribution in [0.25, 0.3) is 0 Å². The number of hydrogen-bond donors (Lipinski definition) is 0. The summed E-state index contributed by atoms with van der Waals surface area (Å²) in [5.41, 5.74) is 0. The molecule has 2 heterocycles. The second-order valence-electron chi connectivity index (χ2n) is 2.76. The van der Waals surface area contributed by atoms with Crippen molar-refractivity contribution in [2.75, 3.05) is 0 Å². The van der Waals surface area contributed by atoms with Crippen LogP contribution >= 0.6 is 0 Å². The molecular weight excluding hydrogens is 128 g/mol. The van der Waals surface area contributed by atoms with E-state index in [0.29, 0.717) is 0 Å². The molecule has 2 saturated heterocycles. The van der Waals surface area contributed by atoms with Gasteiger partial charge in [-0.05, 0) is 19.3 Å². The normalized spacial score (nSPS) is 44.9. The molecule has 0 aromatic rings. The van der Waals surface area contributed by atoms with Gasteiger partial charge in [-0.3, -0.25) is 0 Å². The Bertz CT molecular complexity index is 171. The molecule has 3 atom stereocenters. The smallest absolute Gasteiger partial charge is 0.159 e. The highest BCUT2D eigenvalue weighted by Crippen LogP contribution is 2.30. The van der Waals surface area contributed by atoms with Gasteiger partial charge >= 0.3 is 0 Å². The largest absolute Gasteiger partial charge is 0.346 e. The standard InChI is InChI=1S/C8H10O2/c1-2-6-7-4-3-5-8(9-6)10-7/h1,6-8H,3-5H2. The van der Waals surface area contributed by atoms with Crippen molar-refractivity contribution in [1.29, 1.82) is 0 Å². The number of fused-ring (bicyclic) bond motifs is 2. The summed E-state index contributed by atoms with van der Waals surface area (Å²) in [6.07, 6.45) is 8.60. The molecule has 2 heteroatoms. The van der Waals surface area contributed by atoms with Crippen LogP contribution in [-0.2, 0) is 9.47 Å². The van der Waals surface area contributed by atoms with Crippen LogP contribution in [0.4, 0.5) is 0 Å². The van der Waals surface area contributed by atoms with Crippen molar-refractivity contribution in [1.82, 2.24) is 0 Å². The molecule has 2 rings (SSSR count). The third-order valence-corrected chi connectivity index (χ3v) is 2.06. The maximum atomic E-state index is 5.44. The van der Waals surface area contributed by atoms with E-state index in [1.165, 1.54) is 6.42 Å². The van der Waals surface area contributed by atoms with Crippen LogP contribution in [0.15, 0.2) is 0 Å².